The zero-order valence-corrected chi connectivity index (χ0v) is 16.9. The van der Waals surface area contributed by atoms with E-state index in [2.05, 4.69) is 36.8 Å². The number of rotatable bonds is 6. The van der Waals surface area contributed by atoms with Crippen LogP contribution in [0.4, 0.5) is 5.69 Å². The van der Waals surface area contributed by atoms with E-state index >= 15 is 0 Å². The van der Waals surface area contributed by atoms with Gasteiger partial charge < -0.3 is 10.6 Å². The van der Waals surface area contributed by atoms with E-state index in [4.69, 9.17) is 0 Å². The molecule has 8 heteroatoms. The van der Waals surface area contributed by atoms with Crippen LogP contribution in [0.3, 0.4) is 0 Å². The summed E-state index contributed by atoms with van der Waals surface area (Å²) in [6, 6.07) is 14.5. The number of amides is 2. The molecule has 2 N–H and O–H groups in total. The largest absolute Gasteiger partial charge is 0.348 e. The van der Waals surface area contributed by atoms with Gasteiger partial charge in [-0.15, -0.1) is 10.2 Å². The van der Waals surface area contributed by atoms with Crippen LogP contribution in [0.25, 0.3) is 0 Å². The van der Waals surface area contributed by atoms with Crippen molar-refractivity contribution in [2.45, 2.75) is 19.9 Å². The number of carbonyl (C=O) groups excluding carboxylic acids is 2. The summed E-state index contributed by atoms with van der Waals surface area (Å²) in [5, 5.41) is 14.6. The monoisotopic (exact) mass is 444 g/mol. The maximum Gasteiger partial charge on any atom is 0.286 e. The molecule has 27 heavy (non-hydrogen) atoms. The van der Waals surface area contributed by atoms with E-state index in [1.807, 2.05) is 31.2 Å². The molecule has 3 rings (SSSR count). The van der Waals surface area contributed by atoms with Crippen molar-refractivity contribution < 1.29 is 9.59 Å². The highest BCUT2D eigenvalue weighted by molar-refractivity contribution is 9.10. The maximum atomic E-state index is 12.4. The van der Waals surface area contributed by atoms with E-state index in [1.54, 1.807) is 24.3 Å². The second-order valence-corrected chi connectivity index (χ2v) is 7.68. The zero-order valence-electron chi connectivity index (χ0n) is 14.5. The Balaban J connectivity index is 1.63. The molecule has 0 aliphatic rings. The van der Waals surface area contributed by atoms with Crippen molar-refractivity contribution in [1.82, 2.24) is 15.5 Å². The number of carbonyl (C=O) groups is 2. The lowest BCUT2D eigenvalue weighted by molar-refractivity contribution is 0.0949. The van der Waals surface area contributed by atoms with Crippen molar-refractivity contribution in [1.29, 1.82) is 0 Å². The Hall–Kier alpha value is -2.58. The van der Waals surface area contributed by atoms with Crippen LogP contribution in [0.5, 0.6) is 0 Å². The van der Waals surface area contributed by atoms with Crippen molar-refractivity contribution in [2.75, 3.05) is 5.32 Å². The second kappa shape index (κ2) is 8.88. The van der Waals surface area contributed by atoms with Gasteiger partial charge in [0.1, 0.15) is 5.01 Å². The first kappa shape index (κ1) is 19.2. The summed E-state index contributed by atoms with van der Waals surface area (Å²) < 4.78 is 0.960. The van der Waals surface area contributed by atoms with Gasteiger partial charge in [-0.1, -0.05) is 52.4 Å². The smallest absolute Gasteiger partial charge is 0.286 e. The summed E-state index contributed by atoms with van der Waals surface area (Å²) in [6.07, 6.45) is 0.735. The molecule has 0 aliphatic carbocycles. The molecule has 0 aliphatic heterocycles. The average Bonchev–Trinajstić information content (AvgIpc) is 3.16. The fourth-order valence-electron chi connectivity index (χ4n) is 2.34. The van der Waals surface area contributed by atoms with E-state index in [-0.39, 0.29) is 11.8 Å². The quantitative estimate of drug-likeness (QED) is 0.600. The van der Waals surface area contributed by atoms with Crippen molar-refractivity contribution in [3.05, 3.63) is 74.1 Å². The molecule has 0 atom stereocenters. The van der Waals surface area contributed by atoms with Gasteiger partial charge in [-0.3, -0.25) is 9.59 Å². The number of benzene rings is 2. The van der Waals surface area contributed by atoms with E-state index in [9.17, 15) is 9.59 Å². The normalized spacial score (nSPS) is 10.4. The third kappa shape index (κ3) is 5.21. The Kier molecular flexibility index (Phi) is 6.31. The Morgan fingerprint density at radius 3 is 2.63 bits per heavy atom. The van der Waals surface area contributed by atoms with Gasteiger partial charge in [0.2, 0.25) is 5.01 Å². The standard InChI is InChI=1S/C19H17BrN4O2S/c1-2-16-23-24-19(27-16)18(26)22-15-8-4-6-13(10-15)17(25)21-11-12-5-3-7-14(20)9-12/h3-10H,2,11H2,1H3,(H,21,25)(H,22,26). The summed E-state index contributed by atoms with van der Waals surface area (Å²) in [5.41, 5.74) is 1.99. The highest BCUT2D eigenvalue weighted by atomic mass is 79.9. The minimum absolute atomic E-state index is 0.213. The lowest BCUT2D eigenvalue weighted by atomic mass is 10.1. The molecule has 1 aromatic heterocycles. The van der Waals surface area contributed by atoms with E-state index < -0.39 is 0 Å². The van der Waals surface area contributed by atoms with Crippen molar-refractivity contribution >= 4 is 44.8 Å². The van der Waals surface area contributed by atoms with Gasteiger partial charge >= 0.3 is 0 Å². The third-order valence-electron chi connectivity index (χ3n) is 3.69. The SMILES string of the molecule is CCc1nnc(C(=O)Nc2cccc(C(=O)NCc3cccc(Br)c3)c2)s1. The molecule has 0 unspecified atom stereocenters. The predicted octanol–water partition coefficient (Wildman–Crippen LogP) is 4.05. The molecule has 0 spiro atoms. The molecule has 0 fully saturated rings. The lowest BCUT2D eigenvalue weighted by Gasteiger charge is -2.08. The number of nitrogens with zero attached hydrogens (tertiary/aromatic N) is 2. The first-order chi connectivity index (χ1) is 13.0. The lowest BCUT2D eigenvalue weighted by Crippen LogP contribution is -2.23. The van der Waals surface area contributed by atoms with Gasteiger partial charge in [-0.2, -0.15) is 0 Å². The van der Waals surface area contributed by atoms with Crippen LogP contribution in [0, 0.1) is 0 Å². The minimum atomic E-state index is -0.334. The number of nitrogens with one attached hydrogen (secondary N) is 2. The fourth-order valence-corrected chi connectivity index (χ4v) is 3.46. The van der Waals surface area contributed by atoms with Gasteiger partial charge in [-0.05, 0) is 42.3 Å². The van der Waals surface area contributed by atoms with Gasteiger partial charge in [-0.25, -0.2) is 0 Å². The molecule has 1 heterocycles. The number of halogens is 1. The summed E-state index contributed by atoms with van der Waals surface area (Å²) in [7, 11) is 0. The summed E-state index contributed by atoms with van der Waals surface area (Å²) >= 11 is 4.67. The molecule has 0 radical (unpaired) electrons. The average molecular weight is 445 g/mol. The number of aromatic nitrogens is 2. The van der Waals surface area contributed by atoms with Crippen molar-refractivity contribution in [3.8, 4) is 0 Å². The van der Waals surface area contributed by atoms with Crippen LogP contribution >= 0.6 is 27.3 Å². The predicted molar refractivity (Wildman–Crippen MR) is 109 cm³/mol. The number of hydrogen-bond acceptors (Lipinski definition) is 5. The highest BCUT2D eigenvalue weighted by Gasteiger charge is 2.13. The maximum absolute atomic E-state index is 12.4. The van der Waals surface area contributed by atoms with Crippen molar-refractivity contribution in [3.63, 3.8) is 0 Å². The van der Waals surface area contributed by atoms with E-state index in [0.29, 0.717) is 22.8 Å². The van der Waals surface area contributed by atoms with Crippen LogP contribution in [0.1, 0.15) is 37.7 Å². The topological polar surface area (TPSA) is 84.0 Å². The van der Waals surface area contributed by atoms with Crippen LogP contribution in [0.2, 0.25) is 0 Å². The minimum Gasteiger partial charge on any atom is -0.348 e. The van der Waals surface area contributed by atoms with Crippen LogP contribution in [-0.4, -0.2) is 22.0 Å². The molecule has 2 amide bonds. The molecule has 3 aromatic rings. The molecule has 2 aromatic carbocycles. The Morgan fingerprint density at radius 2 is 1.89 bits per heavy atom. The fraction of sp³-hybridized carbons (Fsp3) is 0.158. The summed E-state index contributed by atoms with van der Waals surface area (Å²) in [6.45, 7) is 2.37. The first-order valence-electron chi connectivity index (χ1n) is 8.31. The van der Waals surface area contributed by atoms with Gasteiger partial charge in [0.05, 0.1) is 0 Å². The molecule has 0 saturated carbocycles. The molecule has 0 saturated heterocycles. The molecule has 6 nitrogen and oxygen atoms in total. The Morgan fingerprint density at radius 1 is 1.07 bits per heavy atom. The number of hydrogen-bond donors (Lipinski definition) is 2. The summed E-state index contributed by atoms with van der Waals surface area (Å²) in [5.74, 6) is -0.547. The zero-order chi connectivity index (χ0) is 19.2. The Bertz CT molecular complexity index is 974. The van der Waals surface area contributed by atoms with Gasteiger partial charge in [0, 0.05) is 22.3 Å². The molecular weight excluding hydrogens is 428 g/mol. The highest BCUT2D eigenvalue weighted by Crippen LogP contribution is 2.16. The molecule has 0 bridgehead atoms. The van der Waals surface area contributed by atoms with Gasteiger partial charge in [0.25, 0.3) is 11.8 Å². The second-order valence-electron chi connectivity index (χ2n) is 5.70. The van der Waals surface area contributed by atoms with E-state index in [0.717, 1.165) is 21.5 Å². The van der Waals surface area contributed by atoms with Crippen LogP contribution in [0.15, 0.2) is 53.0 Å². The van der Waals surface area contributed by atoms with Crippen LogP contribution < -0.4 is 10.6 Å². The third-order valence-corrected chi connectivity index (χ3v) is 5.25. The van der Waals surface area contributed by atoms with Crippen LogP contribution in [-0.2, 0) is 13.0 Å². The van der Waals surface area contributed by atoms with Gasteiger partial charge in [0.15, 0.2) is 0 Å². The van der Waals surface area contributed by atoms with E-state index in [1.165, 1.54) is 11.3 Å². The molecule has 138 valence electrons. The van der Waals surface area contributed by atoms with Crippen molar-refractivity contribution in [2.24, 2.45) is 0 Å². The molecular formula is C19H17BrN4O2S. The Labute approximate surface area is 169 Å². The first-order valence-corrected chi connectivity index (χ1v) is 9.92. The number of anilines is 1. The number of aryl methyl sites for hydroxylation is 1. The summed E-state index contributed by atoms with van der Waals surface area (Å²) in [4.78, 5) is 24.7.